The molecule has 0 heterocycles. The van der Waals surface area contributed by atoms with Crippen LogP contribution in [-0.2, 0) is 0 Å². The fraction of sp³-hybridized carbons (Fsp3) is 0.429. The van der Waals surface area contributed by atoms with Crippen molar-refractivity contribution in [2.45, 2.75) is 18.4 Å². The molecule has 0 atom stereocenters. The topological polar surface area (TPSA) is 92.5 Å². The third kappa shape index (κ3) is 1.10. The van der Waals surface area contributed by atoms with Gasteiger partial charge in [0.15, 0.2) is 0 Å². The molecule has 1 aliphatic rings. The van der Waals surface area contributed by atoms with E-state index in [1.807, 2.05) is 0 Å². The van der Waals surface area contributed by atoms with E-state index in [1.165, 1.54) is 6.08 Å². The van der Waals surface area contributed by atoms with E-state index in [0.717, 1.165) is 0 Å². The fourth-order valence-corrected chi connectivity index (χ4v) is 0.926. The zero-order valence-electron chi connectivity index (χ0n) is 6.28. The largest absolute Gasteiger partial charge is 0.359 e. The van der Waals surface area contributed by atoms with Gasteiger partial charge in [0.1, 0.15) is 5.66 Å². The summed E-state index contributed by atoms with van der Waals surface area (Å²) in [4.78, 5) is 0. The molecule has 4 heteroatoms. The van der Waals surface area contributed by atoms with Gasteiger partial charge >= 0.3 is 0 Å². The number of allylic oxidation sites excluding steroid dienone is 2. The number of hydrogen-bond acceptors (Lipinski definition) is 4. The lowest BCUT2D eigenvalue weighted by Gasteiger charge is -2.37. The summed E-state index contributed by atoms with van der Waals surface area (Å²) in [5.74, 6) is -2.14. The summed E-state index contributed by atoms with van der Waals surface area (Å²) in [6.07, 6.45) is 4.50. The molecule has 0 spiro atoms. The van der Waals surface area contributed by atoms with E-state index >= 15 is 0 Å². The second kappa shape index (κ2) is 2.15. The van der Waals surface area contributed by atoms with Crippen molar-refractivity contribution < 1.29 is 10.2 Å². The van der Waals surface area contributed by atoms with Crippen molar-refractivity contribution >= 4 is 0 Å². The van der Waals surface area contributed by atoms with Crippen LogP contribution in [0.3, 0.4) is 0 Å². The predicted octanol–water partition coefficient (Wildman–Crippen LogP) is -1.20. The molecule has 0 bridgehead atoms. The van der Waals surface area contributed by atoms with Crippen LogP contribution >= 0.6 is 0 Å². The minimum absolute atomic E-state index is 0.338. The Kier molecular flexibility index (Phi) is 1.65. The van der Waals surface area contributed by atoms with Crippen LogP contribution in [0.5, 0.6) is 0 Å². The van der Waals surface area contributed by atoms with E-state index < -0.39 is 11.4 Å². The average Bonchev–Trinajstić information content (AvgIpc) is 1.84. The highest BCUT2D eigenvalue weighted by Gasteiger charge is 2.44. The van der Waals surface area contributed by atoms with Gasteiger partial charge in [0.05, 0.1) is 0 Å². The number of hydrogen-bond donors (Lipinski definition) is 4. The maximum Gasteiger partial charge on any atom is 0.222 e. The Morgan fingerprint density at radius 3 is 2.27 bits per heavy atom. The maximum atomic E-state index is 9.36. The van der Waals surface area contributed by atoms with Crippen molar-refractivity contribution in [3.05, 3.63) is 23.8 Å². The first kappa shape index (κ1) is 8.42. The zero-order valence-corrected chi connectivity index (χ0v) is 6.28. The lowest BCUT2D eigenvalue weighted by atomic mass is 9.89. The molecule has 0 aromatic carbocycles. The highest BCUT2D eigenvalue weighted by molar-refractivity contribution is 5.32. The summed E-state index contributed by atoms with van der Waals surface area (Å²) in [7, 11) is 0. The SMILES string of the molecule is CC1=CC=CC(N)(N)C1(O)O. The van der Waals surface area contributed by atoms with E-state index in [2.05, 4.69) is 0 Å². The second-order valence-electron chi connectivity index (χ2n) is 2.81. The minimum Gasteiger partial charge on any atom is -0.359 e. The van der Waals surface area contributed by atoms with Crippen LogP contribution in [0, 0.1) is 0 Å². The van der Waals surface area contributed by atoms with E-state index in [-0.39, 0.29) is 0 Å². The van der Waals surface area contributed by atoms with Gasteiger partial charge in [0.25, 0.3) is 0 Å². The first-order chi connectivity index (χ1) is 4.88. The minimum atomic E-state index is -2.14. The van der Waals surface area contributed by atoms with Gasteiger partial charge < -0.3 is 21.7 Å². The van der Waals surface area contributed by atoms with Gasteiger partial charge in [-0.05, 0) is 18.6 Å². The quantitative estimate of drug-likeness (QED) is 0.331. The Morgan fingerprint density at radius 1 is 1.36 bits per heavy atom. The zero-order chi connectivity index (χ0) is 8.70. The monoisotopic (exact) mass is 156 g/mol. The predicted molar refractivity (Wildman–Crippen MR) is 41.2 cm³/mol. The Morgan fingerprint density at radius 2 is 1.91 bits per heavy atom. The van der Waals surface area contributed by atoms with Crippen molar-refractivity contribution in [3.8, 4) is 0 Å². The van der Waals surface area contributed by atoms with Gasteiger partial charge in [0.2, 0.25) is 5.79 Å². The molecule has 0 aromatic rings. The van der Waals surface area contributed by atoms with E-state index in [0.29, 0.717) is 5.57 Å². The smallest absolute Gasteiger partial charge is 0.222 e. The van der Waals surface area contributed by atoms with Gasteiger partial charge in [-0.15, -0.1) is 0 Å². The van der Waals surface area contributed by atoms with Crippen molar-refractivity contribution in [3.63, 3.8) is 0 Å². The van der Waals surface area contributed by atoms with Crippen molar-refractivity contribution in [2.75, 3.05) is 0 Å². The van der Waals surface area contributed by atoms with Crippen molar-refractivity contribution in [2.24, 2.45) is 11.5 Å². The number of rotatable bonds is 0. The van der Waals surface area contributed by atoms with Crippen LogP contribution in [0.25, 0.3) is 0 Å². The Balaban J connectivity index is 3.09. The molecule has 0 amide bonds. The lowest BCUT2D eigenvalue weighted by molar-refractivity contribution is -0.166. The summed E-state index contributed by atoms with van der Waals surface area (Å²) in [5, 5.41) is 18.7. The molecule has 0 saturated carbocycles. The summed E-state index contributed by atoms with van der Waals surface area (Å²) in [6.45, 7) is 1.55. The molecule has 4 nitrogen and oxygen atoms in total. The van der Waals surface area contributed by atoms with Crippen LogP contribution in [-0.4, -0.2) is 21.7 Å². The highest BCUT2D eigenvalue weighted by Crippen LogP contribution is 2.25. The molecule has 62 valence electrons. The lowest BCUT2D eigenvalue weighted by Crippen LogP contribution is -2.67. The van der Waals surface area contributed by atoms with Crippen molar-refractivity contribution in [1.29, 1.82) is 0 Å². The van der Waals surface area contributed by atoms with E-state index in [4.69, 9.17) is 11.5 Å². The summed E-state index contributed by atoms with van der Waals surface area (Å²) in [5.41, 5.74) is 9.54. The highest BCUT2D eigenvalue weighted by atomic mass is 16.5. The molecular formula is C7H12N2O2. The first-order valence-corrected chi connectivity index (χ1v) is 3.27. The van der Waals surface area contributed by atoms with Crippen LogP contribution in [0.4, 0.5) is 0 Å². The van der Waals surface area contributed by atoms with E-state index in [9.17, 15) is 10.2 Å². The van der Waals surface area contributed by atoms with Gasteiger partial charge in [0, 0.05) is 0 Å². The molecule has 0 fully saturated rings. The molecule has 0 unspecified atom stereocenters. The van der Waals surface area contributed by atoms with E-state index in [1.54, 1.807) is 19.1 Å². The Hall–Kier alpha value is -0.680. The molecule has 11 heavy (non-hydrogen) atoms. The maximum absolute atomic E-state index is 9.36. The summed E-state index contributed by atoms with van der Waals surface area (Å²) >= 11 is 0. The number of aliphatic hydroxyl groups is 2. The molecule has 0 aromatic heterocycles. The number of nitrogens with two attached hydrogens (primary N) is 2. The summed E-state index contributed by atoms with van der Waals surface area (Å²) in [6, 6.07) is 0. The van der Waals surface area contributed by atoms with Crippen LogP contribution in [0.1, 0.15) is 6.92 Å². The summed E-state index contributed by atoms with van der Waals surface area (Å²) < 4.78 is 0. The normalized spacial score (nSPS) is 26.5. The third-order valence-electron chi connectivity index (χ3n) is 1.87. The standard InChI is InChI=1S/C7H12N2O2/c1-5-3-2-4-6(8,9)7(5,10)11/h2-4,10-11H,8-9H2,1H3. The third-order valence-corrected chi connectivity index (χ3v) is 1.87. The molecule has 6 N–H and O–H groups in total. The second-order valence-corrected chi connectivity index (χ2v) is 2.81. The first-order valence-electron chi connectivity index (χ1n) is 3.27. The molecule has 1 aliphatic carbocycles. The van der Waals surface area contributed by atoms with Gasteiger partial charge in [-0.1, -0.05) is 12.2 Å². The molecule has 0 saturated heterocycles. The van der Waals surface area contributed by atoms with Crippen LogP contribution in [0.15, 0.2) is 23.8 Å². The Labute approximate surface area is 64.8 Å². The van der Waals surface area contributed by atoms with Crippen molar-refractivity contribution in [1.82, 2.24) is 0 Å². The Bertz CT molecular complexity index is 229. The van der Waals surface area contributed by atoms with Gasteiger partial charge in [-0.25, -0.2) is 0 Å². The fourth-order valence-electron chi connectivity index (χ4n) is 0.926. The van der Waals surface area contributed by atoms with Gasteiger partial charge in [-0.2, -0.15) is 0 Å². The molecular weight excluding hydrogens is 144 g/mol. The van der Waals surface area contributed by atoms with Crippen LogP contribution in [0.2, 0.25) is 0 Å². The van der Waals surface area contributed by atoms with Gasteiger partial charge in [-0.3, -0.25) is 0 Å². The average molecular weight is 156 g/mol. The molecule has 0 aliphatic heterocycles. The molecule has 1 rings (SSSR count). The molecule has 0 radical (unpaired) electrons. The van der Waals surface area contributed by atoms with Crippen LogP contribution < -0.4 is 11.5 Å².